The van der Waals surface area contributed by atoms with Crippen LogP contribution in [-0.4, -0.2) is 49.4 Å². The zero-order valence-corrected chi connectivity index (χ0v) is 18.8. The Morgan fingerprint density at radius 2 is 1.82 bits per heavy atom. The van der Waals surface area contributed by atoms with Gasteiger partial charge in [-0.05, 0) is 12.5 Å². The number of rotatable bonds is 6. The van der Waals surface area contributed by atoms with Crippen molar-refractivity contribution in [1.29, 1.82) is 0 Å². The molecule has 1 aromatic carbocycles. The molecule has 33 heavy (non-hydrogen) atoms. The van der Waals surface area contributed by atoms with E-state index in [0.717, 1.165) is 11.1 Å². The van der Waals surface area contributed by atoms with Gasteiger partial charge in [0.25, 0.3) is 5.91 Å². The molecule has 10 heteroatoms. The van der Waals surface area contributed by atoms with Gasteiger partial charge in [-0.15, -0.1) is 0 Å². The first-order valence-corrected chi connectivity index (χ1v) is 9.72. The van der Waals surface area contributed by atoms with Crippen LogP contribution < -0.4 is 10.6 Å². The Hall–Kier alpha value is -3.66. The zero-order chi connectivity index (χ0) is 23.5. The van der Waals surface area contributed by atoms with Crippen LogP contribution in [0.2, 0.25) is 0 Å². The van der Waals surface area contributed by atoms with Gasteiger partial charge in [0.1, 0.15) is 30.0 Å². The number of benzene rings is 1. The van der Waals surface area contributed by atoms with Gasteiger partial charge in [-0.25, -0.2) is 29.9 Å². The second kappa shape index (κ2) is 11.3. The van der Waals surface area contributed by atoms with Crippen molar-refractivity contribution in [3.63, 3.8) is 0 Å². The van der Waals surface area contributed by atoms with Crippen molar-refractivity contribution >= 4 is 36.1 Å². The lowest BCUT2D eigenvalue weighted by molar-refractivity contribution is 0.0960. The van der Waals surface area contributed by atoms with E-state index in [2.05, 4.69) is 40.5 Å². The van der Waals surface area contributed by atoms with Crippen molar-refractivity contribution in [3.05, 3.63) is 66.3 Å². The maximum atomic E-state index is 12.2. The molecule has 0 aliphatic heterocycles. The lowest BCUT2D eigenvalue weighted by Gasteiger charge is -2.16. The molecule has 0 bridgehead atoms. The number of aryl methyl sites for hydroxylation is 1. The fourth-order valence-electron chi connectivity index (χ4n) is 3.20. The number of fused-ring (bicyclic) bond motifs is 1. The van der Waals surface area contributed by atoms with E-state index in [1.165, 1.54) is 12.7 Å². The monoisotopic (exact) mass is 466 g/mol. The number of hydrogen-bond acceptors (Lipinski definition) is 8. The van der Waals surface area contributed by atoms with E-state index in [-0.39, 0.29) is 50.7 Å². The molecule has 0 aliphatic carbocycles. The van der Waals surface area contributed by atoms with Gasteiger partial charge in [0, 0.05) is 48.9 Å². The fraction of sp³-hybridized carbons (Fsp3) is 0.261. The molecular weight excluding hydrogens is 436 g/mol. The molecule has 1 amide bonds. The van der Waals surface area contributed by atoms with Crippen molar-refractivity contribution in [2.45, 2.75) is 27.2 Å². The highest BCUT2D eigenvalue weighted by Crippen LogP contribution is 2.26. The number of nitrogens with zero attached hydrogens (tertiary/aromatic N) is 6. The molecular formula is C23H28N8OS. The molecule has 0 radical (unpaired) electrons. The Labute approximate surface area is 202 Å². The molecule has 0 unspecified atom stereocenters. The predicted octanol–water partition coefficient (Wildman–Crippen LogP) is 3.51. The number of hydrogen-bond donors (Lipinski definition) is 2. The molecule has 9 nitrogen and oxygen atoms in total. The highest BCUT2D eigenvalue weighted by Gasteiger charge is 2.16. The number of amides is 1. The Morgan fingerprint density at radius 3 is 2.55 bits per heavy atom. The van der Waals surface area contributed by atoms with Crippen molar-refractivity contribution in [3.8, 4) is 11.3 Å². The van der Waals surface area contributed by atoms with E-state index in [1.807, 2.05) is 25.1 Å². The van der Waals surface area contributed by atoms with Crippen molar-refractivity contribution in [2.75, 3.05) is 18.9 Å². The minimum absolute atomic E-state index is 0. The smallest absolute Gasteiger partial charge is 0.270 e. The van der Waals surface area contributed by atoms with Crippen LogP contribution in [0, 0.1) is 6.92 Å². The first-order valence-electron chi connectivity index (χ1n) is 10.7. The summed E-state index contributed by atoms with van der Waals surface area (Å²) in [6, 6.07) is 7.37. The summed E-state index contributed by atoms with van der Waals surface area (Å²) in [5, 5.41) is 6.58. The predicted molar refractivity (Wildman–Crippen MR) is 135 cm³/mol. The first-order chi connectivity index (χ1) is 15.9. The third-order valence-electron chi connectivity index (χ3n) is 4.84. The van der Waals surface area contributed by atoms with Crippen LogP contribution in [0.5, 0.6) is 0 Å². The molecule has 4 rings (SSSR count). The maximum absolute atomic E-state index is 12.2. The minimum Gasteiger partial charge on any atom is -0.369 e. The van der Waals surface area contributed by atoms with Gasteiger partial charge in [-0.1, -0.05) is 32.5 Å². The highest BCUT2D eigenvalue weighted by atomic mass is 32.1. The number of anilines is 1. The Morgan fingerprint density at radius 1 is 1.09 bits per heavy atom. The zero-order valence-electron chi connectivity index (χ0n) is 19.8. The molecule has 0 fully saturated rings. The lowest BCUT2D eigenvalue weighted by Crippen LogP contribution is -2.20. The number of carbonyl (C=O) groups excluding carboxylic acids is 1. The van der Waals surface area contributed by atoms with E-state index in [4.69, 9.17) is 2.74 Å². The molecule has 3 aromatic heterocycles. The van der Waals surface area contributed by atoms with Gasteiger partial charge in [0.15, 0.2) is 0 Å². The van der Waals surface area contributed by atoms with E-state index >= 15 is 0 Å². The molecule has 172 valence electrons. The standard InChI is InChI=1S/C22H22N8O.CH4.H2S/c1-13(16-5-4-6-17-20(16)29-12-30-21(17)22(31)23-3)8-26-19-7-18(27-11-28-19)15-9-24-14(2)25-10-15;;/h4-7,9-13H,8H2,1-3H3,(H,23,31)(H,26,27,28);1H4;1H2/t13-;;/m1../s1/i9D,10D;;. The molecule has 0 aliphatic rings. The van der Waals surface area contributed by atoms with Crippen LogP contribution in [0.25, 0.3) is 22.2 Å². The quantitative estimate of drug-likeness (QED) is 0.443. The molecule has 1 atom stereocenters. The SMILES string of the molecule is C.S.[2H]c1nc(C)nc([2H])c1-c1cc(NC[C@@H](C)c2cccc3c(C(=O)NC)ncnc23)ncn1. The summed E-state index contributed by atoms with van der Waals surface area (Å²) >= 11 is 0. The number of nitrogens with one attached hydrogen (secondary N) is 2. The molecule has 0 saturated carbocycles. The third-order valence-corrected chi connectivity index (χ3v) is 4.84. The van der Waals surface area contributed by atoms with E-state index in [0.29, 0.717) is 35.0 Å². The average molecular weight is 467 g/mol. The van der Waals surface area contributed by atoms with Gasteiger partial charge in [0.05, 0.1) is 14.0 Å². The lowest BCUT2D eigenvalue weighted by atomic mass is 9.97. The van der Waals surface area contributed by atoms with Crippen LogP contribution in [0.1, 0.15) is 44.9 Å². The fourth-order valence-corrected chi connectivity index (χ4v) is 3.20. The number of carbonyl (C=O) groups is 1. The highest BCUT2D eigenvalue weighted by molar-refractivity contribution is 7.59. The second-order valence-corrected chi connectivity index (χ2v) is 6.98. The molecule has 0 saturated heterocycles. The Balaban J connectivity index is 0.00000216. The normalized spacial score (nSPS) is 12.0. The van der Waals surface area contributed by atoms with Gasteiger partial charge < -0.3 is 10.6 Å². The summed E-state index contributed by atoms with van der Waals surface area (Å²) < 4.78 is 16.2. The topological polar surface area (TPSA) is 118 Å². The minimum atomic E-state index is -0.263. The van der Waals surface area contributed by atoms with Crippen molar-refractivity contribution in [2.24, 2.45) is 0 Å². The van der Waals surface area contributed by atoms with Crippen molar-refractivity contribution < 1.29 is 7.54 Å². The molecule has 4 aromatic rings. The van der Waals surface area contributed by atoms with Crippen LogP contribution in [0.4, 0.5) is 5.82 Å². The summed E-state index contributed by atoms with van der Waals surface area (Å²) in [5.74, 6) is 0.683. The van der Waals surface area contributed by atoms with E-state index in [1.54, 1.807) is 20.0 Å². The van der Waals surface area contributed by atoms with Gasteiger partial charge in [-0.3, -0.25) is 4.79 Å². The van der Waals surface area contributed by atoms with Gasteiger partial charge >= 0.3 is 0 Å². The first kappa shape index (κ1) is 22.5. The number of aromatic nitrogens is 6. The van der Waals surface area contributed by atoms with Crippen LogP contribution in [-0.2, 0) is 0 Å². The molecule has 0 spiro atoms. The second-order valence-electron chi connectivity index (χ2n) is 6.98. The Bertz CT molecular complexity index is 1330. The van der Waals surface area contributed by atoms with Crippen LogP contribution >= 0.6 is 13.5 Å². The van der Waals surface area contributed by atoms with Crippen molar-refractivity contribution in [1.82, 2.24) is 35.2 Å². The third kappa shape index (κ3) is 5.58. The number of para-hydroxylation sites is 1. The van der Waals surface area contributed by atoms with Crippen LogP contribution in [0.15, 0.2) is 49.3 Å². The summed E-state index contributed by atoms with van der Waals surface area (Å²) in [7, 11) is 1.57. The van der Waals surface area contributed by atoms with Gasteiger partial charge in [0.2, 0.25) is 0 Å². The summed E-state index contributed by atoms with van der Waals surface area (Å²) in [6.45, 7) is 4.22. The van der Waals surface area contributed by atoms with E-state index in [9.17, 15) is 4.79 Å². The largest absolute Gasteiger partial charge is 0.369 e. The molecule has 2 N–H and O–H groups in total. The van der Waals surface area contributed by atoms with Gasteiger partial charge in [-0.2, -0.15) is 13.5 Å². The van der Waals surface area contributed by atoms with E-state index < -0.39 is 0 Å². The summed E-state index contributed by atoms with van der Waals surface area (Å²) in [6.07, 6.45) is 2.68. The van der Waals surface area contributed by atoms with Crippen LogP contribution in [0.3, 0.4) is 0 Å². The maximum Gasteiger partial charge on any atom is 0.270 e. The molecule has 3 heterocycles. The summed E-state index contributed by atoms with van der Waals surface area (Å²) in [4.78, 5) is 37.2. The summed E-state index contributed by atoms with van der Waals surface area (Å²) in [5.41, 5.74) is 2.69. The Kier molecular flexibility index (Phi) is 7.70. The average Bonchev–Trinajstić information content (AvgIpc) is 2.81.